The van der Waals surface area contributed by atoms with Gasteiger partial charge in [-0.1, -0.05) is 17.3 Å². The summed E-state index contributed by atoms with van der Waals surface area (Å²) in [6.07, 6.45) is 6.61. The van der Waals surface area contributed by atoms with E-state index in [1.807, 2.05) is 24.8 Å². The number of carbonyl (C=O) groups excluding carboxylic acids is 1. The van der Waals surface area contributed by atoms with Crippen molar-refractivity contribution in [2.75, 3.05) is 19.7 Å². The Labute approximate surface area is 188 Å². The van der Waals surface area contributed by atoms with Crippen LogP contribution in [0.15, 0.2) is 34.9 Å². The van der Waals surface area contributed by atoms with E-state index in [0.717, 1.165) is 74.1 Å². The molecular weight excluding hydrogens is 402 g/mol. The largest absolute Gasteiger partial charge is 0.494 e. The first-order chi connectivity index (χ1) is 15.6. The van der Waals surface area contributed by atoms with E-state index in [1.54, 1.807) is 0 Å². The van der Waals surface area contributed by atoms with Gasteiger partial charge in [0.05, 0.1) is 23.3 Å². The van der Waals surface area contributed by atoms with E-state index in [1.165, 1.54) is 5.56 Å². The van der Waals surface area contributed by atoms with Crippen LogP contribution in [0, 0.1) is 12.8 Å². The molecule has 0 N–H and O–H groups in total. The average molecular weight is 434 g/mol. The molecule has 2 fully saturated rings. The molecule has 0 unspecified atom stereocenters. The van der Waals surface area contributed by atoms with E-state index in [4.69, 9.17) is 9.26 Å². The molecule has 3 heterocycles. The Morgan fingerprint density at radius 3 is 2.59 bits per heavy atom. The molecule has 6 heteroatoms. The standard InChI is InChI=1S/C26H31N3O3/c1-3-31-21-10-6-18(7-11-21)4-5-19-12-14-29(15-13-19)26(30)22-16-23(20-8-9-20)27-25-24(22)17(2)28-32-25/h6-7,10-11,16,19-20H,3-5,8-9,12-15H2,1-2H3. The van der Waals surface area contributed by atoms with Crippen LogP contribution in [0.2, 0.25) is 0 Å². The van der Waals surface area contributed by atoms with Gasteiger partial charge in [-0.2, -0.15) is 0 Å². The van der Waals surface area contributed by atoms with Gasteiger partial charge in [0.15, 0.2) is 0 Å². The minimum atomic E-state index is 0.0931. The molecule has 1 aliphatic heterocycles. The van der Waals surface area contributed by atoms with E-state index in [9.17, 15) is 4.79 Å². The summed E-state index contributed by atoms with van der Waals surface area (Å²) in [5.41, 5.74) is 4.27. The van der Waals surface area contributed by atoms with E-state index in [0.29, 0.717) is 29.7 Å². The van der Waals surface area contributed by atoms with Crippen LogP contribution >= 0.6 is 0 Å². The molecule has 5 rings (SSSR count). The van der Waals surface area contributed by atoms with Gasteiger partial charge in [-0.05, 0) is 82.1 Å². The van der Waals surface area contributed by atoms with Gasteiger partial charge < -0.3 is 14.2 Å². The van der Waals surface area contributed by atoms with Gasteiger partial charge >= 0.3 is 0 Å². The van der Waals surface area contributed by atoms with Crippen LogP contribution in [0.3, 0.4) is 0 Å². The van der Waals surface area contributed by atoms with E-state index < -0.39 is 0 Å². The number of aryl methyl sites for hydroxylation is 2. The molecular formula is C26H31N3O3. The number of amides is 1. The minimum Gasteiger partial charge on any atom is -0.494 e. The number of ether oxygens (including phenoxy) is 1. The minimum absolute atomic E-state index is 0.0931. The molecule has 6 nitrogen and oxygen atoms in total. The Kier molecular flexibility index (Phi) is 5.85. The van der Waals surface area contributed by atoms with Crippen molar-refractivity contribution in [1.82, 2.24) is 15.0 Å². The van der Waals surface area contributed by atoms with Crippen molar-refractivity contribution >= 4 is 17.0 Å². The zero-order valence-corrected chi connectivity index (χ0v) is 19.0. The lowest BCUT2D eigenvalue weighted by Crippen LogP contribution is -2.38. The molecule has 1 aromatic carbocycles. The van der Waals surface area contributed by atoms with Crippen LogP contribution in [0.5, 0.6) is 5.75 Å². The number of likely N-dealkylation sites (tertiary alicyclic amines) is 1. The second-order valence-electron chi connectivity index (χ2n) is 9.17. The first kappa shape index (κ1) is 21.0. The highest BCUT2D eigenvalue weighted by atomic mass is 16.5. The van der Waals surface area contributed by atoms with Gasteiger partial charge in [-0.3, -0.25) is 4.79 Å². The maximum atomic E-state index is 13.4. The molecule has 1 saturated carbocycles. The summed E-state index contributed by atoms with van der Waals surface area (Å²) < 4.78 is 10.9. The molecule has 32 heavy (non-hydrogen) atoms. The highest BCUT2D eigenvalue weighted by Gasteiger charge is 2.31. The molecule has 3 aromatic rings. The van der Waals surface area contributed by atoms with Gasteiger partial charge in [0.25, 0.3) is 11.6 Å². The lowest BCUT2D eigenvalue weighted by Gasteiger charge is -2.32. The third-order valence-electron chi connectivity index (χ3n) is 6.84. The fourth-order valence-electron chi connectivity index (χ4n) is 4.76. The van der Waals surface area contributed by atoms with Gasteiger partial charge in [0.1, 0.15) is 5.75 Å². The number of fused-ring (bicyclic) bond motifs is 1. The number of carbonyl (C=O) groups is 1. The van der Waals surface area contributed by atoms with Crippen LogP contribution in [0.1, 0.15) is 72.3 Å². The van der Waals surface area contributed by atoms with E-state index >= 15 is 0 Å². The molecule has 1 saturated heterocycles. The number of hydrogen-bond donors (Lipinski definition) is 0. The number of benzene rings is 1. The Bertz CT molecular complexity index is 1090. The van der Waals surface area contributed by atoms with Crippen molar-refractivity contribution < 1.29 is 14.1 Å². The third-order valence-corrected chi connectivity index (χ3v) is 6.84. The van der Waals surface area contributed by atoms with Crippen molar-refractivity contribution in [3.05, 3.63) is 52.8 Å². The number of aromatic nitrogens is 2. The predicted molar refractivity (Wildman–Crippen MR) is 123 cm³/mol. The molecule has 0 atom stereocenters. The summed E-state index contributed by atoms with van der Waals surface area (Å²) in [5.74, 6) is 2.14. The molecule has 1 aliphatic carbocycles. The van der Waals surface area contributed by atoms with E-state index in [2.05, 4.69) is 34.4 Å². The van der Waals surface area contributed by atoms with Crippen LogP contribution in [-0.2, 0) is 6.42 Å². The zero-order valence-electron chi connectivity index (χ0n) is 19.0. The van der Waals surface area contributed by atoms with Crippen LogP contribution < -0.4 is 4.74 Å². The topological polar surface area (TPSA) is 68.5 Å². The second-order valence-corrected chi connectivity index (χ2v) is 9.17. The summed E-state index contributed by atoms with van der Waals surface area (Å²) in [7, 11) is 0. The average Bonchev–Trinajstić information content (AvgIpc) is 3.61. The van der Waals surface area contributed by atoms with Gasteiger partial charge in [-0.15, -0.1) is 0 Å². The summed E-state index contributed by atoms with van der Waals surface area (Å²) in [6, 6.07) is 10.4. The number of rotatable bonds is 7. The Morgan fingerprint density at radius 1 is 1.16 bits per heavy atom. The molecule has 0 bridgehead atoms. The predicted octanol–water partition coefficient (Wildman–Crippen LogP) is 5.29. The number of nitrogens with zero attached hydrogens (tertiary/aromatic N) is 3. The first-order valence-corrected chi connectivity index (χ1v) is 11.9. The highest BCUT2D eigenvalue weighted by Crippen LogP contribution is 2.40. The van der Waals surface area contributed by atoms with E-state index in [-0.39, 0.29) is 5.91 Å². The zero-order chi connectivity index (χ0) is 22.1. The van der Waals surface area contributed by atoms with Gasteiger partial charge in [-0.25, -0.2) is 4.98 Å². The van der Waals surface area contributed by atoms with Gasteiger partial charge in [0.2, 0.25) is 0 Å². The van der Waals surface area contributed by atoms with Crippen molar-refractivity contribution in [1.29, 1.82) is 0 Å². The third kappa shape index (κ3) is 4.36. The molecule has 2 aromatic heterocycles. The van der Waals surface area contributed by atoms with Crippen LogP contribution in [0.4, 0.5) is 0 Å². The summed E-state index contributed by atoms with van der Waals surface area (Å²) in [4.78, 5) is 20.1. The summed E-state index contributed by atoms with van der Waals surface area (Å²) in [6.45, 7) is 6.19. The quantitative estimate of drug-likeness (QED) is 0.506. The highest BCUT2D eigenvalue weighted by molar-refractivity contribution is 6.06. The second kappa shape index (κ2) is 8.93. The number of hydrogen-bond acceptors (Lipinski definition) is 5. The Morgan fingerprint density at radius 2 is 1.91 bits per heavy atom. The number of pyridine rings is 1. The van der Waals surface area contributed by atoms with Crippen molar-refractivity contribution in [2.45, 2.75) is 58.3 Å². The Balaban J connectivity index is 1.21. The lowest BCUT2D eigenvalue weighted by molar-refractivity contribution is 0.0688. The molecule has 2 aliphatic rings. The lowest BCUT2D eigenvalue weighted by atomic mass is 9.90. The monoisotopic (exact) mass is 433 g/mol. The van der Waals surface area contributed by atoms with Gasteiger partial charge in [0, 0.05) is 24.7 Å². The van der Waals surface area contributed by atoms with Crippen molar-refractivity contribution in [3.63, 3.8) is 0 Å². The molecule has 1 amide bonds. The molecule has 0 radical (unpaired) electrons. The van der Waals surface area contributed by atoms with Crippen LogP contribution in [-0.4, -0.2) is 40.6 Å². The normalized spacial score (nSPS) is 17.1. The van der Waals surface area contributed by atoms with Crippen molar-refractivity contribution in [2.24, 2.45) is 5.92 Å². The fraction of sp³-hybridized carbons (Fsp3) is 0.500. The Hall–Kier alpha value is -2.89. The maximum absolute atomic E-state index is 13.4. The summed E-state index contributed by atoms with van der Waals surface area (Å²) >= 11 is 0. The fourth-order valence-corrected chi connectivity index (χ4v) is 4.76. The molecule has 0 spiro atoms. The van der Waals surface area contributed by atoms with Crippen LogP contribution in [0.25, 0.3) is 11.1 Å². The molecule has 168 valence electrons. The van der Waals surface area contributed by atoms with Crippen molar-refractivity contribution in [3.8, 4) is 5.75 Å². The number of piperidine rings is 1. The maximum Gasteiger partial charge on any atom is 0.259 e. The summed E-state index contributed by atoms with van der Waals surface area (Å²) in [5, 5.41) is 4.84. The first-order valence-electron chi connectivity index (χ1n) is 11.9. The SMILES string of the molecule is CCOc1ccc(CCC2CCN(C(=O)c3cc(C4CC4)nc4onc(C)c34)CC2)cc1. The smallest absolute Gasteiger partial charge is 0.259 e.